The third kappa shape index (κ3) is 8.12. The molecule has 0 atom stereocenters. The highest BCUT2D eigenvalue weighted by atomic mass is 16.1. The summed E-state index contributed by atoms with van der Waals surface area (Å²) in [5.74, 6) is 0.0900. The molecule has 1 rings (SSSR count). The molecule has 4 heteroatoms. The average Bonchev–Trinajstić information content (AvgIpc) is 2.82. The fourth-order valence-electron chi connectivity index (χ4n) is 1.98. The van der Waals surface area contributed by atoms with Gasteiger partial charge in [0.2, 0.25) is 5.91 Å². The van der Waals surface area contributed by atoms with Crippen LogP contribution in [-0.2, 0) is 18.3 Å². The van der Waals surface area contributed by atoms with Crippen LogP contribution < -0.4 is 5.32 Å². The summed E-state index contributed by atoms with van der Waals surface area (Å²) < 4.78 is 1.76. The van der Waals surface area contributed by atoms with Crippen LogP contribution in [0, 0.1) is 0 Å². The Hall–Kier alpha value is -1.84. The lowest BCUT2D eigenvalue weighted by Crippen LogP contribution is -2.23. The number of amides is 1. The Morgan fingerprint density at radius 2 is 2.05 bits per heavy atom. The van der Waals surface area contributed by atoms with Crippen molar-refractivity contribution in [1.82, 2.24) is 15.1 Å². The van der Waals surface area contributed by atoms with Crippen LogP contribution in [0.2, 0.25) is 0 Å². The molecule has 1 heterocycles. The molecule has 1 aromatic rings. The van der Waals surface area contributed by atoms with E-state index in [-0.39, 0.29) is 5.91 Å². The molecular formula is C17H27N3O. The fraction of sp³-hybridized carbons (Fsp3) is 0.529. The third-order valence-corrected chi connectivity index (χ3v) is 3.24. The Morgan fingerprint density at radius 3 is 2.67 bits per heavy atom. The standard InChI is InChI=1S/C17H27N3O/c1-14(2)6-5-7-15(3)10-11-18-17(21)9-8-16-12-19-20(4)13-16/h6,10,12-13H,5,7-9,11H2,1-4H3,(H,18,21). The van der Waals surface area contributed by atoms with Crippen LogP contribution in [0.1, 0.15) is 45.6 Å². The maximum Gasteiger partial charge on any atom is 0.220 e. The van der Waals surface area contributed by atoms with Crippen LogP contribution in [0.5, 0.6) is 0 Å². The van der Waals surface area contributed by atoms with Crippen molar-refractivity contribution in [2.24, 2.45) is 7.05 Å². The Bertz CT molecular complexity index is 508. The lowest BCUT2D eigenvalue weighted by molar-refractivity contribution is -0.120. The second kappa shape index (κ2) is 9.16. The van der Waals surface area contributed by atoms with E-state index in [0.717, 1.165) is 24.8 Å². The molecule has 0 aromatic carbocycles. The number of nitrogens with one attached hydrogen (secondary N) is 1. The molecule has 0 spiro atoms. The van der Waals surface area contributed by atoms with Gasteiger partial charge in [-0.1, -0.05) is 23.3 Å². The van der Waals surface area contributed by atoms with Gasteiger partial charge in [0.1, 0.15) is 0 Å². The van der Waals surface area contributed by atoms with E-state index in [1.54, 1.807) is 10.9 Å². The molecule has 0 unspecified atom stereocenters. The predicted octanol–water partition coefficient (Wildman–Crippen LogP) is 3.16. The van der Waals surface area contributed by atoms with E-state index in [9.17, 15) is 4.79 Å². The Kier molecular flexibility index (Phi) is 7.51. The Balaban J connectivity index is 2.18. The van der Waals surface area contributed by atoms with Gasteiger partial charge < -0.3 is 5.32 Å². The highest BCUT2D eigenvalue weighted by molar-refractivity contribution is 5.76. The average molecular weight is 289 g/mol. The molecule has 0 aliphatic carbocycles. The van der Waals surface area contributed by atoms with Crippen LogP contribution >= 0.6 is 0 Å². The van der Waals surface area contributed by atoms with Crippen LogP contribution in [0.15, 0.2) is 35.7 Å². The second-order valence-corrected chi connectivity index (χ2v) is 5.70. The molecule has 1 aromatic heterocycles. The number of nitrogens with zero attached hydrogens (tertiary/aromatic N) is 2. The molecule has 0 radical (unpaired) electrons. The Labute approximate surface area is 127 Å². The zero-order valence-electron chi connectivity index (χ0n) is 13.6. The van der Waals surface area contributed by atoms with Gasteiger partial charge in [-0.3, -0.25) is 9.48 Å². The maximum atomic E-state index is 11.7. The Morgan fingerprint density at radius 1 is 1.29 bits per heavy atom. The van der Waals surface area contributed by atoms with E-state index >= 15 is 0 Å². The molecule has 1 amide bonds. The van der Waals surface area contributed by atoms with Gasteiger partial charge in [-0.25, -0.2) is 0 Å². The molecule has 4 nitrogen and oxygen atoms in total. The highest BCUT2D eigenvalue weighted by Crippen LogP contribution is 2.06. The molecule has 0 fully saturated rings. The van der Waals surface area contributed by atoms with Crippen molar-refractivity contribution in [3.63, 3.8) is 0 Å². The van der Waals surface area contributed by atoms with Crippen molar-refractivity contribution < 1.29 is 4.79 Å². The zero-order valence-corrected chi connectivity index (χ0v) is 13.6. The van der Waals surface area contributed by atoms with Gasteiger partial charge in [0.05, 0.1) is 6.20 Å². The molecular weight excluding hydrogens is 262 g/mol. The number of rotatable bonds is 8. The SMILES string of the molecule is CC(C)=CCCC(C)=CCNC(=O)CCc1cnn(C)c1. The molecule has 0 saturated carbocycles. The number of aromatic nitrogens is 2. The van der Waals surface area contributed by atoms with E-state index in [1.807, 2.05) is 13.2 Å². The number of carbonyl (C=O) groups is 1. The topological polar surface area (TPSA) is 46.9 Å². The van der Waals surface area contributed by atoms with E-state index in [1.165, 1.54) is 11.1 Å². The summed E-state index contributed by atoms with van der Waals surface area (Å²) >= 11 is 0. The largest absolute Gasteiger partial charge is 0.353 e. The molecule has 0 bridgehead atoms. The summed E-state index contributed by atoms with van der Waals surface area (Å²) in [6, 6.07) is 0. The van der Waals surface area contributed by atoms with Gasteiger partial charge in [-0.05, 0) is 45.6 Å². The van der Waals surface area contributed by atoms with Crippen molar-refractivity contribution in [2.45, 2.75) is 46.5 Å². The highest BCUT2D eigenvalue weighted by Gasteiger charge is 2.02. The maximum absolute atomic E-state index is 11.7. The number of carbonyl (C=O) groups excluding carboxylic acids is 1. The third-order valence-electron chi connectivity index (χ3n) is 3.24. The summed E-state index contributed by atoms with van der Waals surface area (Å²) in [5.41, 5.74) is 3.77. The minimum atomic E-state index is 0.0900. The van der Waals surface area contributed by atoms with Gasteiger partial charge in [-0.2, -0.15) is 5.10 Å². The number of hydrogen-bond donors (Lipinski definition) is 1. The lowest BCUT2D eigenvalue weighted by atomic mass is 10.1. The van der Waals surface area contributed by atoms with Crippen molar-refractivity contribution in [3.05, 3.63) is 41.3 Å². The minimum absolute atomic E-state index is 0.0900. The van der Waals surface area contributed by atoms with E-state index in [0.29, 0.717) is 13.0 Å². The second-order valence-electron chi connectivity index (χ2n) is 5.70. The van der Waals surface area contributed by atoms with Crippen LogP contribution in [0.3, 0.4) is 0 Å². The van der Waals surface area contributed by atoms with Gasteiger partial charge in [0, 0.05) is 26.2 Å². The van der Waals surface area contributed by atoms with Gasteiger partial charge in [-0.15, -0.1) is 0 Å². The molecule has 116 valence electrons. The zero-order chi connectivity index (χ0) is 15.7. The molecule has 1 N–H and O–H groups in total. The summed E-state index contributed by atoms with van der Waals surface area (Å²) in [7, 11) is 1.88. The lowest BCUT2D eigenvalue weighted by Gasteiger charge is -2.03. The fourth-order valence-corrected chi connectivity index (χ4v) is 1.98. The van der Waals surface area contributed by atoms with Crippen molar-refractivity contribution in [1.29, 1.82) is 0 Å². The number of allylic oxidation sites excluding steroid dienone is 3. The summed E-state index contributed by atoms with van der Waals surface area (Å²) in [6.07, 6.45) is 11.5. The molecule has 21 heavy (non-hydrogen) atoms. The van der Waals surface area contributed by atoms with Crippen molar-refractivity contribution in [3.8, 4) is 0 Å². The molecule has 0 saturated heterocycles. The van der Waals surface area contributed by atoms with Crippen LogP contribution in [0.4, 0.5) is 0 Å². The van der Waals surface area contributed by atoms with Crippen LogP contribution in [-0.4, -0.2) is 22.2 Å². The summed E-state index contributed by atoms with van der Waals surface area (Å²) in [5, 5.41) is 7.02. The molecule has 0 aliphatic heterocycles. The van der Waals surface area contributed by atoms with Gasteiger partial charge >= 0.3 is 0 Å². The van der Waals surface area contributed by atoms with Gasteiger partial charge in [0.25, 0.3) is 0 Å². The van der Waals surface area contributed by atoms with E-state index < -0.39 is 0 Å². The first kappa shape index (κ1) is 17.2. The van der Waals surface area contributed by atoms with Crippen molar-refractivity contribution >= 4 is 5.91 Å². The van der Waals surface area contributed by atoms with Crippen molar-refractivity contribution in [2.75, 3.05) is 6.54 Å². The quantitative estimate of drug-likeness (QED) is 0.747. The normalized spacial score (nSPS) is 11.3. The van der Waals surface area contributed by atoms with Gasteiger partial charge in [0.15, 0.2) is 0 Å². The predicted molar refractivity (Wildman–Crippen MR) is 87.0 cm³/mol. The first-order valence-corrected chi connectivity index (χ1v) is 7.50. The monoisotopic (exact) mass is 289 g/mol. The van der Waals surface area contributed by atoms with E-state index in [2.05, 4.69) is 43.3 Å². The van der Waals surface area contributed by atoms with Crippen LogP contribution in [0.25, 0.3) is 0 Å². The van der Waals surface area contributed by atoms with E-state index in [4.69, 9.17) is 0 Å². The number of aryl methyl sites for hydroxylation is 2. The summed E-state index contributed by atoms with van der Waals surface area (Å²) in [4.78, 5) is 11.7. The first-order chi connectivity index (χ1) is 9.97. The number of hydrogen-bond acceptors (Lipinski definition) is 2. The smallest absolute Gasteiger partial charge is 0.220 e. The summed E-state index contributed by atoms with van der Waals surface area (Å²) in [6.45, 7) is 6.95. The minimum Gasteiger partial charge on any atom is -0.353 e. The first-order valence-electron chi connectivity index (χ1n) is 7.50. The molecule has 0 aliphatic rings.